The molecule has 0 aliphatic carbocycles. The Balaban J connectivity index is 1.82. The maximum absolute atomic E-state index is 12.4. The number of benzene rings is 3. The van der Waals surface area contributed by atoms with Crippen LogP contribution in [0.3, 0.4) is 0 Å². The van der Waals surface area contributed by atoms with Crippen LogP contribution in [0.1, 0.15) is 15.9 Å². The van der Waals surface area contributed by atoms with Crippen LogP contribution in [0.15, 0.2) is 54.6 Å². The summed E-state index contributed by atoms with van der Waals surface area (Å²) in [6, 6.07) is 14.8. The fourth-order valence-electron chi connectivity index (χ4n) is 2.59. The number of hydrogen-bond acceptors (Lipinski definition) is 3. The van der Waals surface area contributed by atoms with Gasteiger partial charge in [-0.15, -0.1) is 0 Å². The zero-order valence-corrected chi connectivity index (χ0v) is 14.1. The molecule has 25 heavy (non-hydrogen) atoms. The van der Waals surface area contributed by atoms with E-state index in [1.807, 2.05) is 24.3 Å². The summed E-state index contributed by atoms with van der Waals surface area (Å²) in [5.41, 5.74) is 1.08. The molecule has 0 fully saturated rings. The summed E-state index contributed by atoms with van der Waals surface area (Å²) in [6.45, 7) is 1.72. The van der Waals surface area contributed by atoms with E-state index in [1.165, 1.54) is 0 Å². The molecule has 0 spiro atoms. The lowest BCUT2D eigenvalue weighted by Gasteiger charge is -2.11. The van der Waals surface area contributed by atoms with E-state index < -0.39 is 11.9 Å². The normalized spacial score (nSPS) is 10.5. The van der Waals surface area contributed by atoms with Crippen LogP contribution in [0.4, 0.5) is 10.5 Å². The van der Waals surface area contributed by atoms with Crippen LogP contribution < -0.4 is 10.6 Å². The van der Waals surface area contributed by atoms with Gasteiger partial charge in [0.2, 0.25) is 0 Å². The fourth-order valence-corrected chi connectivity index (χ4v) is 2.78. The van der Waals surface area contributed by atoms with Crippen LogP contribution in [0, 0.1) is 6.92 Å². The van der Waals surface area contributed by atoms with Gasteiger partial charge in [0.05, 0.1) is 5.56 Å². The maximum atomic E-state index is 12.4. The third-order valence-electron chi connectivity index (χ3n) is 3.83. The lowest BCUT2D eigenvalue weighted by molar-refractivity contribution is 0.0964. The monoisotopic (exact) mass is 354 g/mol. The van der Waals surface area contributed by atoms with Crippen molar-refractivity contribution in [3.63, 3.8) is 0 Å². The number of anilines is 1. The largest absolute Gasteiger partial charge is 0.507 e. The number of imide groups is 1. The number of urea groups is 1. The molecule has 3 aromatic rings. The number of phenolic OH excluding ortho intramolecular Hbond substituents is 1. The smallest absolute Gasteiger partial charge is 0.326 e. The SMILES string of the molecule is Cc1c(O)c(C(=O)NC(=O)Nc2cccc(Cl)c2)cc2ccccc12. The second-order valence-corrected chi connectivity index (χ2v) is 5.97. The quantitative estimate of drug-likeness (QED) is 0.635. The summed E-state index contributed by atoms with van der Waals surface area (Å²) >= 11 is 5.85. The van der Waals surface area contributed by atoms with Gasteiger partial charge < -0.3 is 10.4 Å². The van der Waals surface area contributed by atoms with E-state index in [1.54, 1.807) is 37.3 Å². The summed E-state index contributed by atoms with van der Waals surface area (Å²) in [5, 5.41) is 17.1. The van der Waals surface area contributed by atoms with E-state index in [-0.39, 0.29) is 11.3 Å². The van der Waals surface area contributed by atoms with Crippen molar-refractivity contribution in [1.29, 1.82) is 0 Å². The van der Waals surface area contributed by atoms with Crippen molar-refractivity contribution in [2.24, 2.45) is 0 Å². The van der Waals surface area contributed by atoms with Gasteiger partial charge in [0.15, 0.2) is 0 Å². The van der Waals surface area contributed by atoms with E-state index in [2.05, 4.69) is 10.6 Å². The van der Waals surface area contributed by atoms with Gasteiger partial charge in [-0.1, -0.05) is 41.9 Å². The Hall–Kier alpha value is -3.05. The van der Waals surface area contributed by atoms with Crippen LogP contribution in [0.5, 0.6) is 5.75 Å². The molecule has 0 radical (unpaired) electrons. The van der Waals surface area contributed by atoms with E-state index >= 15 is 0 Å². The molecular formula is C19H15ClN2O3. The Labute approximate surface area is 149 Å². The molecule has 6 heteroatoms. The first kappa shape index (κ1) is 16.8. The van der Waals surface area contributed by atoms with Gasteiger partial charge in [0.25, 0.3) is 5.91 Å². The Kier molecular flexibility index (Phi) is 4.59. The molecule has 0 atom stereocenters. The molecule has 0 aromatic heterocycles. The number of hydrogen-bond donors (Lipinski definition) is 3. The van der Waals surface area contributed by atoms with E-state index in [0.29, 0.717) is 16.3 Å². The third kappa shape index (κ3) is 3.56. The van der Waals surface area contributed by atoms with Crippen LogP contribution >= 0.6 is 11.6 Å². The van der Waals surface area contributed by atoms with Gasteiger partial charge in [0, 0.05) is 10.7 Å². The minimum absolute atomic E-state index is 0.0393. The molecule has 0 saturated carbocycles. The van der Waals surface area contributed by atoms with Crippen LogP contribution in [-0.2, 0) is 0 Å². The summed E-state index contributed by atoms with van der Waals surface area (Å²) in [5.74, 6) is -0.836. The van der Waals surface area contributed by atoms with E-state index in [9.17, 15) is 14.7 Å². The number of nitrogens with one attached hydrogen (secondary N) is 2. The van der Waals surface area contributed by atoms with Crippen molar-refractivity contribution in [2.75, 3.05) is 5.32 Å². The van der Waals surface area contributed by atoms with Crippen molar-refractivity contribution in [1.82, 2.24) is 5.32 Å². The summed E-state index contributed by atoms with van der Waals surface area (Å²) in [6.07, 6.45) is 0. The number of fused-ring (bicyclic) bond motifs is 1. The first-order valence-electron chi connectivity index (χ1n) is 7.55. The molecule has 3 amide bonds. The van der Waals surface area contributed by atoms with E-state index in [0.717, 1.165) is 10.8 Å². The highest BCUT2D eigenvalue weighted by molar-refractivity contribution is 6.30. The van der Waals surface area contributed by atoms with Gasteiger partial charge in [-0.05, 0) is 47.5 Å². The average molecular weight is 355 g/mol. The number of rotatable bonds is 2. The standard InChI is InChI=1S/C19H15ClN2O3/c1-11-15-8-3-2-5-12(15)9-16(17(11)23)18(24)22-19(25)21-14-7-4-6-13(20)10-14/h2-10,23H,1H3,(H2,21,22,24,25). The van der Waals surface area contributed by atoms with Crippen molar-refractivity contribution in [3.8, 4) is 5.75 Å². The fraction of sp³-hybridized carbons (Fsp3) is 0.0526. The number of aryl methyl sites for hydroxylation is 1. The lowest BCUT2D eigenvalue weighted by atomic mass is 10.00. The van der Waals surface area contributed by atoms with Crippen LogP contribution in [0.25, 0.3) is 10.8 Å². The highest BCUT2D eigenvalue weighted by Crippen LogP contribution is 2.30. The van der Waals surface area contributed by atoms with E-state index in [4.69, 9.17) is 11.6 Å². The molecule has 0 unspecified atom stereocenters. The van der Waals surface area contributed by atoms with Gasteiger partial charge in [-0.3, -0.25) is 10.1 Å². The number of carbonyl (C=O) groups is 2. The van der Waals surface area contributed by atoms with Crippen molar-refractivity contribution in [3.05, 3.63) is 70.7 Å². The molecule has 3 aromatic carbocycles. The Morgan fingerprint density at radius 1 is 1.04 bits per heavy atom. The summed E-state index contributed by atoms with van der Waals surface area (Å²) in [7, 11) is 0. The molecule has 126 valence electrons. The van der Waals surface area contributed by atoms with Gasteiger partial charge >= 0.3 is 6.03 Å². The summed E-state index contributed by atoms with van der Waals surface area (Å²) < 4.78 is 0. The predicted molar refractivity (Wildman–Crippen MR) is 98.3 cm³/mol. The van der Waals surface area contributed by atoms with Crippen LogP contribution in [-0.4, -0.2) is 17.0 Å². The van der Waals surface area contributed by atoms with Crippen molar-refractivity contribution in [2.45, 2.75) is 6.92 Å². The number of aromatic hydroxyl groups is 1. The number of phenols is 1. The lowest BCUT2D eigenvalue weighted by Crippen LogP contribution is -2.34. The molecule has 3 rings (SSSR count). The van der Waals surface area contributed by atoms with Gasteiger partial charge in [-0.2, -0.15) is 0 Å². The molecule has 0 heterocycles. The maximum Gasteiger partial charge on any atom is 0.326 e. The molecule has 3 N–H and O–H groups in total. The topological polar surface area (TPSA) is 78.4 Å². The highest BCUT2D eigenvalue weighted by atomic mass is 35.5. The van der Waals surface area contributed by atoms with Crippen LogP contribution in [0.2, 0.25) is 5.02 Å². The van der Waals surface area contributed by atoms with Crippen molar-refractivity contribution >= 4 is 40.0 Å². The summed E-state index contributed by atoms with van der Waals surface area (Å²) in [4.78, 5) is 24.4. The first-order chi connectivity index (χ1) is 12.0. The molecule has 0 aliphatic rings. The second-order valence-electron chi connectivity index (χ2n) is 5.54. The molecule has 0 bridgehead atoms. The second kappa shape index (κ2) is 6.83. The number of halogens is 1. The average Bonchev–Trinajstić information content (AvgIpc) is 2.58. The van der Waals surface area contributed by atoms with Gasteiger partial charge in [-0.25, -0.2) is 4.79 Å². The zero-order valence-electron chi connectivity index (χ0n) is 13.3. The Morgan fingerprint density at radius 3 is 2.56 bits per heavy atom. The highest BCUT2D eigenvalue weighted by Gasteiger charge is 2.18. The Bertz CT molecular complexity index is 986. The minimum Gasteiger partial charge on any atom is -0.507 e. The number of carbonyl (C=O) groups excluding carboxylic acids is 2. The Morgan fingerprint density at radius 2 is 1.80 bits per heavy atom. The molecule has 0 aliphatic heterocycles. The molecular weight excluding hydrogens is 340 g/mol. The zero-order chi connectivity index (χ0) is 18.0. The molecule has 0 saturated heterocycles. The third-order valence-corrected chi connectivity index (χ3v) is 4.06. The first-order valence-corrected chi connectivity index (χ1v) is 7.92. The van der Waals surface area contributed by atoms with Crippen molar-refractivity contribution < 1.29 is 14.7 Å². The molecule has 5 nitrogen and oxygen atoms in total. The van der Waals surface area contributed by atoms with Gasteiger partial charge in [0.1, 0.15) is 5.75 Å². The minimum atomic E-state index is -0.711. The predicted octanol–water partition coefficient (Wildman–Crippen LogP) is 4.47. The number of amides is 3.